The number of aromatic hydroxyl groups is 1. The van der Waals surface area contributed by atoms with Crippen molar-refractivity contribution >= 4 is 5.97 Å². The van der Waals surface area contributed by atoms with Gasteiger partial charge in [-0.1, -0.05) is 12.1 Å². The highest BCUT2D eigenvalue weighted by Gasteiger charge is 2.13. The van der Waals surface area contributed by atoms with E-state index in [0.29, 0.717) is 11.1 Å². The first-order valence-corrected chi connectivity index (χ1v) is 5.71. The van der Waals surface area contributed by atoms with Crippen molar-refractivity contribution in [2.75, 3.05) is 7.11 Å². The number of phenolic OH excluding ortho intramolecular Hbond substituents is 1. The second-order valence-corrected chi connectivity index (χ2v) is 4.21. The molecule has 0 aliphatic carbocycles. The second-order valence-electron chi connectivity index (χ2n) is 4.21. The van der Waals surface area contributed by atoms with Crippen molar-refractivity contribution in [1.82, 2.24) is 0 Å². The van der Waals surface area contributed by atoms with Crippen LogP contribution in [0.4, 0.5) is 4.39 Å². The summed E-state index contributed by atoms with van der Waals surface area (Å²) < 4.78 is 18.4. The number of hydrogen-bond acceptors (Lipinski definition) is 3. The molecule has 0 bridgehead atoms. The second kappa shape index (κ2) is 5.10. The lowest BCUT2D eigenvalue weighted by molar-refractivity contribution is 0.0600. The largest absolute Gasteiger partial charge is 0.507 e. The summed E-state index contributed by atoms with van der Waals surface area (Å²) in [6.45, 7) is 1.78. The van der Waals surface area contributed by atoms with Crippen LogP contribution in [0.1, 0.15) is 15.9 Å². The van der Waals surface area contributed by atoms with Crippen molar-refractivity contribution in [1.29, 1.82) is 0 Å². The van der Waals surface area contributed by atoms with Crippen LogP contribution in [0.3, 0.4) is 0 Å². The SMILES string of the molecule is COC(=O)c1ccc(-c2ccc(C)cc2F)c(O)c1. The van der Waals surface area contributed by atoms with Gasteiger partial charge in [0.15, 0.2) is 0 Å². The Balaban J connectivity index is 2.49. The molecule has 19 heavy (non-hydrogen) atoms. The van der Waals surface area contributed by atoms with E-state index in [4.69, 9.17) is 0 Å². The molecule has 4 heteroatoms. The summed E-state index contributed by atoms with van der Waals surface area (Å²) in [5.74, 6) is -1.13. The molecule has 0 aliphatic rings. The Labute approximate surface area is 110 Å². The van der Waals surface area contributed by atoms with Gasteiger partial charge in [-0.15, -0.1) is 0 Å². The van der Waals surface area contributed by atoms with E-state index >= 15 is 0 Å². The van der Waals surface area contributed by atoms with E-state index in [9.17, 15) is 14.3 Å². The van der Waals surface area contributed by atoms with Crippen LogP contribution < -0.4 is 0 Å². The average molecular weight is 260 g/mol. The van der Waals surface area contributed by atoms with Gasteiger partial charge in [-0.05, 0) is 36.8 Å². The fraction of sp³-hybridized carbons (Fsp3) is 0.133. The van der Waals surface area contributed by atoms with E-state index in [1.807, 2.05) is 0 Å². The van der Waals surface area contributed by atoms with E-state index in [-0.39, 0.29) is 11.3 Å². The predicted octanol–water partition coefficient (Wildman–Crippen LogP) is 3.29. The summed E-state index contributed by atoms with van der Waals surface area (Å²) in [6.07, 6.45) is 0. The zero-order chi connectivity index (χ0) is 14.0. The molecular weight excluding hydrogens is 247 g/mol. The Kier molecular flexibility index (Phi) is 3.51. The number of halogens is 1. The molecule has 0 fully saturated rings. The minimum Gasteiger partial charge on any atom is -0.507 e. The fourth-order valence-corrected chi connectivity index (χ4v) is 1.84. The molecule has 2 aromatic rings. The molecule has 0 amide bonds. The smallest absolute Gasteiger partial charge is 0.337 e. The van der Waals surface area contributed by atoms with Crippen molar-refractivity contribution in [2.45, 2.75) is 6.92 Å². The molecule has 3 nitrogen and oxygen atoms in total. The maximum Gasteiger partial charge on any atom is 0.337 e. The first-order chi connectivity index (χ1) is 9.02. The lowest BCUT2D eigenvalue weighted by Crippen LogP contribution is -2.00. The molecule has 0 unspecified atom stereocenters. The number of benzene rings is 2. The third kappa shape index (κ3) is 2.57. The van der Waals surface area contributed by atoms with Crippen LogP contribution in [0.2, 0.25) is 0 Å². The fourth-order valence-electron chi connectivity index (χ4n) is 1.84. The third-order valence-corrected chi connectivity index (χ3v) is 2.83. The van der Waals surface area contributed by atoms with Crippen LogP contribution in [0.25, 0.3) is 11.1 Å². The van der Waals surface area contributed by atoms with Gasteiger partial charge in [0.05, 0.1) is 12.7 Å². The van der Waals surface area contributed by atoms with Crippen LogP contribution in [-0.4, -0.2) is 18.2 Å². The highest BCUT2D eigenvalue weighted by atomic mass is 19.1. The van der Waals surface area contributed by atoms with Gasteiger partial charge in [-0.25, -0.2) is 9.18 Å². The minimum atomic E-state index is -0.550. The van der Waals surface area contributed by atoms with Crippen LogP contribution >= 0.6 is 0 Å². The van der Waals surface area contributed by atoms with Gasteiger partial charge < -0.3 is 9.84 Å². The number of hydrogen-bond donors (Lipinski definition) is 1. The van der Waals surface area contributed by atoms with E-state index in [1.54, 1.807) is 19.1 Å². The van der Waals surface area contributed by atoms with Gasteiger partial charge in [-0.3, -0.25) is 0 Å². The number of carbonyl (C=O) groups is 1. The quantitative estimate of drug-likeness (QED) is 0.843. The molecule has 2 aromatic carbocycles. The number of carbonyl (C=O) groups excluding carboxylic acids is 1. The number of esters is 1. The normalized spacial score (nSPS) is 10.3. The number of methoxy groups -OCH3 is 1. The molecule has 0 saturated heterocycles. The minimum absolute atomic E-state index is 0.161. The molecule has 2 rings (SSSR count). The number of rotatable bonds is 2. The lowest BCUT2D eigenvalue weighted by Gasteiger charge is -2.08. The Morgan fingerprint density at radius 1 is 1.16 bits per heavy atom. The van der Waals surface area contributed by atoms with E-state index in [2.05, 4.69) is 4.74 Å². The summed E-state index contributed by atoms with van der Waals surface area (Å²) in [5.41, 5.74) is 1.65. The number of aryl methyl sites for hydroxylation is 1. The van der Waals surface area contributed by atoms with E-state index < -0.39 is 11.8 Å². The monoisotopic (exact) mass is 260 g/mol. The first-order valence-electron chi connectivity index (χ1n) is 5.71. The van der Waals surface area contributed by atoms with Crippen LogP contribution in [-0.2, 0) is 4.74 Å². The third-order valence-electron chi connectivity index (χ3n) is 2.83. The van der Waals surface area contributed by atoms with Crippen LogP contribution in [0, 0.1) is 12.7 Å². The predicted molar refractivity (Wildman–Crippen MR) is 69.6 cm³/mol. The molecule has 0 aliphatic heterocycles. The zero-order valence-corrected chi connectivity index (χ0v) is 10.6. The number of ether oxygens (including phenoxy) is 1. The first kappa shape index (κ1) is 13.1. The van der Waals surface area contributed by atoms with Gasteiger partial charge >= 0.3 is 5.97 Å². The summed E-state index contributed by atoms with van der Waals surface area (Å²) >= 11 is 0. The summed E-state index contributed by atoms with van der Waals surface area (Å²) in [4.78, 5) is 11.3. The van der Waals surface area contributed by atoms with Gasteiger partial charge in [-0.2, -0.15) is 0 Å². The van der Waals surface area contributed by atoms with Crippen LogP contribution in [0.5, 0.6) is 5.75 Å². The molecule has 1 N–H and O–H groups in total. The van der Waals surface area contributed by atoms with Gasteiger partial charge in [0.25, 0.3) is 0 Å². The summed E-state index contributed by atoms with van der Waals surface area (Å²) in [5, 5.41) is 9.91. The molecular formula is C15H13FO3. The Morgan fingerprint density at radius 3 is 2.42 bits per heavy atom. The molecule has 0 heterocycles. The van der Waals surface area contributed by atoms with Crippen molar-refractivity contribution in [3.63, 3.8) is 0 Å². The summed E-state index contributed by atoms with van der Waals surface area (Å²) in [6, 6.07) is 8.99. The highest BCUT2D eigenvalue weighted by Crippen LogP contribution is 2.32. The van der Waals surface area contributed by atoms with Crippen molar-refractivity contribution in [3.05, 3.63) is 53.3 Å². The molecule has 0 aromatic heterocycles. The Morgan fingerprint density at radius 2 is 1.84 bits per heavy atom. The van der Waals surface area contributed by atoms with Crippen molar-refractivity contribution in [3.8, 4) is 16.9 Å². The van der Waals surface area contributed by atoms with Gasteiger partial charge in [0.2, 0.25) is 0 Å². The standard InChI is InChI=1S/C15H13FO3/c1-9-3-5-11(13(16)7-9)12-6-4-10(8-14(12)17)15(18)19-2/h3-8,17H,1-2H3. The summed E-state index contributed by atoms with van der Waals surface area (Å²) in [7, 11) is 1.26. The molecule has 98 valence electrons. The Bertz CT molecular complexity index is 635. The number of phenols is 1. The molecule has 0 saturated carbocycles. The van der Waals surface area contributed by atoms with E-state index in [0.717, 1.165) is 5.56 Å². The van der Waals surface area contributed by atoms with Crippen LogP contribution in [0.15, 0.2) is 36.4 Å². The van der Waals surface area contributed by atoms with Crippen molar-refractivity contribution in [2.24, 2.45) is 0 Å². The molecule has 0 atom stereocenters. The average Bonchev–Trinajstić information content (AvgIpc) is 2.38. The van der Waals surface area contributed by atoms with Crippen molar-refractivity contribution < 1.29 is 19.0 Å². The van der Waals surface area contributed by atoms with Gasteiger partial charge in [0, 0.05) is 11.1 Å². The topological polar surface area (TPSA) is 46.5 Å². The lowest BCUT2D eigenvalue weighted by atomic mass is 10.0. The maximum atomic E-state index is 13.8. The van der Waals surface area contributed by atoms with Gasteiger partial charge in [0.1, 0.15) is 11.6 Å². The maximum absolute atomic E-state index is 13.8. The molecule has 0 radical (unpaired) electrons. The van der Waals surface area contributed by atoms with E-state index in [1.165, 1.54) is 31.4 Å². The Hall–Kier alpha value is -2.36. The zero-order valence-electron chi connectivity index (χ0n) is 10.6. The molecule has 0 spiro atoms. The highest BCUT2D eigenvalue weighted by molar-refractivity contribution is 5.91.